The van der Waals surface area contributed by atoms with Crippen molar-refractivity contribution in [3.63, 3.8) is 0 Å². The van der Waals surface area contributed by atoms with Crippen molar-refractivity contribution < 1.29 is 22.7 Å². The topological polar surface area (TPSA) is 20.2 Å². The summed E-state index contributed by atoms with van der Waals surface area (Å²) < 4.78 is 52.2. The Hall–Kier alpha value is -0.330. The normalized spacial score (nSPS) is 27.6. The van der Waals surface area contributed by atoms with E-state index in [0.29, 0.717) is 4.47 Å². The zero-order chi connectivity index (χ0) is 15.1. The fourth-order valence-corrected chi connectivity index (χ4v) is 3.05. The third-order valence-electron chi connectivity index (χ3n) is 3.81. The van der Waals surface area contributed by atoms with Crippen molar-refractivity contribution in [3.05, 3.63) is 33.0 Å². The molecule has 1 N–H and O–H groups in total. The summed E-state index contributed by atoms with van der Waals surface area (Å²) in [5.41, 5.74) is -1.62. The molecule has 20 heavy (non-hydrogen) atoms. The predicted molar refractivity (Wildman–Crippen MR) is 71.0 cm³/mol. The molecule has 1 fully saturated rings. The highest BCUT2D eigenvalue weighted by molar-refractivity contribution is 9.10. The highest BCUT2D eigenvalue weighted by atomic mass is 79.9. The monoisotopic (exact) mass is 374 g/mol. The van der Waals surface area contributed by atoms with Crippen LogP contribution in [0.2, 0.25) is 5.02 Å². The molecule has 1 aliphatic rings. The first-order valence-corrected chi connectivity index (χ1v) is 7.25. The second-order valence-corrected chi connectivity index (χ2v) is 6.30. The van der Waals surface area contributed by atoms with E-state index in [0.717, 1.165) is 0 Å². The maximum absolute atomic E-state index is 14.1. The summed E-state index contributed by atoms with van der Waals surface area (Å²) in [6.07, 6.45) is -4.96. The number of halogens is 6. The van der Waals surface area contributed by atoms with Gasteiger partial charge in [0.05, 0.1) is 16.5 Å². The molecule has 112 valence electrons. The van der Waals surface area contributed by atoms with Crippen molar-refractivity contribution in [3.8, 4) is 0 Å². The van der Waals surface area contributed by atoms with Crippen LogP contribution in [0.15, 0.2) is 16.6 Å². The van der Waals surface area contributed by atoms with E-state index < -0.39 is 23.5 Å². The van der Waals surface area contributed by atoms with Gasteiger partial charge in [0.2, 0.25) is 0 Å². The van der Waals surface area contributed by atoms with Crippen LogP contribution in [0.5, 0.6) is 0 Å². The number of rotatable bonds is 1. The van der Waals surface area contributed by atoms with Gasteiger partial charge >= 0.3 is 6.18 Å². The average Bonchev–Trinajstić information content (AvgIpc) is 2.35. The van der Waals surface area contributed by atoms with E-state index in [-0.39, 0.29) is 36.3 Å². The van der Waals surface area contributed by atoms with Crippen LogP contribution in [0.3, 0.4) is 0 Å². The first kappa shape index (κ1) is 16.0. The molecule has 1 aliphatic carbocycles. The van der Waals surface area contributed by atoms with E-state index in [9.17, 15) is 22.7 Å². The smallest absolute Gasteiger partial charge is 0.385 e. The Kier molecular flexibility index (Phi) is 4.38. The number of alkyl halides is 3. The summed E-state index contributed by atoms with van der Waals surface area (Å²) in [5, 5.41) is 10.3. The van der Waals surface area contributed by atoms with Gasteiger partial charge in [0.1, 0.15) is 5.82 Å². The summed E-state index contributed by atoms with van der Waals surface area (Å²) in [5.74, 6) is -2.22. The Morgan fingerprint density at radius 2 is 1.80 bits per heavy atom. The second-order valence-electron chi connectivity index (χ2n) is 5.07. The van der Waals surface area contributed by atoms with Gasteiger partial charge in [-0.25, -0.2) is 4.39 Å². The Labute approximate surface area is 127 Å². The molecule has 0 saturated heterocycles. The van der Waals surface area contributed by atoms with Gasteiger partial charge in [-0.3, -0.25) is 0 Å². The van der Waals surface area contributed by atoms with Crippen molar-refractivity contribution in [1.82, 2.24) is 0 Å². The fraction of sp³-hybridized carbons (Fsp3) is 0.538. The number of benzene rings is 1. The Morgan fingerprint density at radius 3 is 2.30 bits per heavy atom. The van der Waals surface area contributed by atoms with Crippen LogP contribution in [0.1, 0.15) is 31.2 Å². The molecule has 1 nitrogen and oxygen atoms in total. The molecule has 0 spiro atoms. The lowest BCUT2D eigenvalue weighted by molar-refractivity contribution is -0.193. The zero-order valence-electron chi connectivity index (χ0n) is 10.3. The van der Waals surface area contributed by atoms with E-state index in [2.05, 4.69) is 15.9 Å². The van der Waals surface area contributed by atoms with Crippen LogP contribution < -0.4 is 0 Å². The first-order chi connectivity index (χ1) is 9.15. The summed E-state index contributed by atoms with van der Waals surface area (Å²) >= 11 is 8.81. The largest absolute Gasteiger partial charge is 0.391 e. The minimum Gasteiger partial charge on any atom is -0.385 e. The number of hydrogen-bond acceptors (Lipinski definition) is 1. The third-order valence-corrected chi connectivity index (χ3v) is 5.07. The lowest BCUT2D eigenvalue weighted by Gasteiger charge is -2.37. The molecule has 1 aromatic rings. The molecule has 0 unspecified atom stereocenters. The van der Waals surface area contributed by atoms with Crippen molar-refractivity contribution >= 4 is 27.5 Å². The van der Waals surface area contributed by atoms with Gasteiger partial charge in [-0.05, 0) is 47.7 Å². The number of hydrogen-bond donors (Lipinski definition) is 1. The Morgan fingerprint density at radius 1 is 1.25 bits per heavy atom. The number of aliphatic hydroxyl groups is 1. The van der Waals surface area contributed by atoms with Gasteiger partial charge in [0.25, 0.3) is 0 Å². The molecule has 7 heteroatoms. The SMILES string of the molecule is OC1(c2ccc(Br)c(Cl)c2F)CCC(C(F)(F)F)CC1. The average molecular weight is 376 g/mol. The minimum atomic E-state index is -4.27. The zero-order valence-corrected chi connectivity index (χ0v) is 12.6. The molecule has 0 atom stereocenters. The molecular formula is C13H12BrClF4O. The fourth-order valence-electron chi connectivity index (χ4n) is 2.58. The van der Waals surface area contributed by atoms with Crippen LogP contribution in [-0.4, -0.2) is 11.3 Å². The summed E-state index contributed by atoms with van der Waals surface area (Å²) in [6, 6.07) is 2.84. The van der Waals surface area contributed by atoms with E-state index in [4.69, 9.17) is 11.6 Å². The molecule has 2 rings (SSSR count). The highest BCUT2D eigenvalue weighted by Crippen LogP contribution is 2.46. The maximum atomic E-state index is 14.1. The molecular weight excluding hydrogens is 363 g/mol. The minimum absolute atomic E-state index is 0.0358. The second kappa shape index (κ2) is 5.46. The first-order valence-electron chi connectivity index (χ1n) is 6.08. The van der Waals surface area contributed by atoms with E-state index in [1.807, 2.05) is 0 Å². The van der Waals surface area contributed by atoms with Gasteiger partial charge in [-0.2, -0.15) is 13.2 Å². The van der Waals surface area contributed by atoms with Crippen LogP contribution in [-0.2, 0) is 5.60 Å². The Balaban J connectivity index is 2.25. The Bertz CT molecular complexity index is 510. The standard InChI is InChI=1S/C13H12BrClF4O/c14-9-2-1-8(11(16)10(9)15)12(20)5-3-7(4-6-12)13(17,18)19/h1-2,7,20H,3-6H2. The van der Waals surface area contributed by atoms with Crippen LogP contribution in [0.4, 0.5) is 17.6 Å². The third kappa shape index (κ3) is 2.97. The lowest BCUT2D eigenvalue weighted by Crippen LogP contribution is -2.37. The molecule has 0 amide bonds. The maximum Gasteiger partial charge on any atom is 0.391 e. The van der Waals surface area contributed by atoms with Crippen molar-refractivity contribution in [1.29, 1.82) is 0 Å². The van der Waals surface area contributed by atoms with Gasteiger partial charge in [-0.15, -0.1) is 0 Å². The van der Waals surface area contributed by atoms with Crippen molar-refractivity contribution in [2.24, 2.45) is 5.92 Å². The summed E-state index contributed by atoms with van der Waals surface area (Å²) in [6.45, 7) is 0. The summed E-state index contributed by atoms with van der Waals surface area (Å²) in [4.78, 5) is 0. The van der Waals surface area contributed by atoms with Gasteiger partial charge in [0.15, 0.2) is 0 Å². The summed E-state index contributed by atoms with van der Waals surface area (Å²) in [7, 11) is 0. The van der Waals surface area contributed by atoms with Crippen LogP contribution in [0.25, 0.3) is 0 Å². The van der Waals surface area contributed by atoms with Crippen molar-refractivity contribution in [2.45, 2.75) is 37.5 Å². The van der Waals surface area contributed by atoms with E-state index in [1.54, 1.807) is 0 Å². The quantitative estimate of drug-likeness (QED) is 0.529. The van der Waals surface area contributed by atoms with Crippen LogP contribution in [0, 0.1) is 11.7 Å². The van der Waals surface area contributed by atoms with Gasteiger partial charge in [0, 0.05) is 10.0 Å². The molecule has 0 aliphatic heterocycles. The van der Waals surface area contributed by atoms with Gasteiger partial charge in [-0.1, -0.05) is 17.7 Å². The molecule has 0 radical (unpaired) electrons. The van der Waals surface area contributed by atoms with Crippen LogP contribution >= 0.6 is 27.5 Å². The lowest BCUT2D eigenvalue weighted by atomic mass is 9.75. The molecule has 0 heterocycles. The van der Waals surface area contributed by atoms with E-state index in [1.165, 1.54) is 12.1 Å². The predicted octanol–water partition coefficient (Wildman–Crippen LogP) is 5.18. The highest BCUT2D eigenvalue weighted by Gasteiger charge is 2.46. The van der Waals surface area contributed by atoms with E-state index >= 15 is 0 Å². The molecule has 0 bridgehead atoms. The molecule has 1 saturated carbocycles. The van der Waals surface area contributed by atoms with Crippen molar-refractivity contribution in [2.75, 3.05) is 0 Å². The molecule has 0 aromatic heterocycles. The van der Waals surface area contributed by atoms with Gasteiger partial charge < -0.3 is 5.11 Å². The molecule has 1 aromatic carbocycles.